The summed E-state index contributed by atoms with van der Waals surface area (Å²) in [7, 11) is -0.821. The van der Waals surface area contributed by atoms with E-state index >= 15 is 0 Å². The lowest BCUT2D eigenvalue weighted by Crippen LogP contribution is -2.15. The van der Waals surface area contributed by atoms with Crippen LogP contribution in [0.2, 0.25) is 5.15 Å². The molecule has 3 rings (SSSR count). The Hall–Kier alpha value is -3.29. The fraction of sp³-hybridized carbons (Fsp3) is 0.136. The van der Waals surface area contributed by atoms with Crippen molar-refractivity contribution in [3.63, 3.8) is 0 Å². The molecule has 0 fully saturated rings. The molecule has 5 N–H and O–H groups in total. The number of nitrogens with zero attached hydrogens (tertiary/aromatic N) is 2. The normalized spacial score (nSPS) is 10.4. The predicted molar refractivity (Wildman–Crippen MR) is 136 cm³/mol. The smallest absolute Gasteiger partial charge is 0.328 e. The van der Waals surface area contributed by atoms with E-state index in [9.17, 15) is 22.4 Å². The SMILES string of the molecule is CN.CNCc1cc(-c2ccccc2F)n(S(=O)(=O)c2cccnc2)c1Cl.Cl.O=C(O)/C=C/C(=O)O. The maximum absolute atomic E-state index is 14.3. The average molecular weight is 563 g/mol. The van der Waals surface area contributed by atoms with E-state index in [0.29, 0.717) is 24.3 Å². The van der Waals surface area contributed by atoms with Gasteiger partial charge in [-0.15, -0.1) is 12.4 Å². The Morgan fingerprint density at radius 2 is 1.72 bits per heavy atom. The van der Waals surface area contributed by atoms with Gasteiger partial charge in [0, 0.05) is 42.2 Å². The van der Waals surface area contributed by atoms with E-state index in [-0.39, 0.29) is 33.7 Å². The number of pyridine rings is 1. The number of hydrogen-bond donors (Lipinski definition) is 4. The monoisotopic (exact) mass is 562 g/mol. The van der Waals surface area contributed by atoms with Crippen molar-refractivity contribution in [3.05, 3.63) is 83.5 Å². The maximum Gasteiger partial charge on any atom is 0.328 e. The largest absolute Gasteiger partial charge is 0.478 e. The first-order valence-corrected chi connectivity index (χ1v) is 11.6. The molecule has 14 heteroatoms. The Labute approximate surface area is 218 Å². The third kappa shape index (κ3) is 8.73. The summed E-state index contributed by atoms with van der Waals surface area (Å²) in [4.78, 5) is 22.9. The van der Waals surface area contributed by atoms with Crippen molar-refractivity contribution in [2.24, 2.45) is 5.73 Å². The van der Waals surface area contributed by atoms with E-state index in [1.807, 2.05) is 0 Å². The van der Waals surface area contributed by atoms with Gasteiger partial charge in [-0.05, 0) is 44.4 Å². The zero-order chi connectivity index (χ0) is 26.6. The third-order valence-corrected chi connectivity index (χ3v) is 6.24. The molecule has 0 amide bonds. The summed E-state index contributed by atoms with van der Waals surface area (Å²) >= 11 is 6.35. The van der Waals surface area contributed by atoms with Crippen LogP contribution < -0.4 is 11.1 Å². The van der Waals surface area contributed by atoms with Crippen LogP contribution in [-0.4, -0.2) is 53.6 Å². The van der Waals surface area contributed by atoms with Crippen molar-refractivity contribution >= 4 is 46.0 Å². The summed E-state index contributed by atoms with van der Waals surface area (Å²) < 4.78 is 41.4. The molecule has 0 saturated heterocycles. The second-order valence-electron chi connectivity index (χ2n) is 6.32. The molecule has 0 aliphatic rings. The lowest BCUT2D eigenvalue weighted by atomic mass is 10.1. The molecular weight excluding hydrogens is 538 g/mol. The van der Waals surface area contributed by atoms with Crippen LogP contribution in [0.5, 0.6) is 0 Å². The summed E-state index contributed by atoms with van der Waals surface area (Å²) in [5.74, 6) is -3.05. The number of aromatic nitrogens is 2. The summed E-state index contributed by atoms with van der Waals surface area (Å²) in [5, 5.41) is 18.6. The first kappa shape index (κ1) is 32.7. The van der Waals surface area contributed by atoms with Gasteiger partial charge in [0.15, 0.2) is 0 Å². The van der Waals surface area contributed by atoms with E-state index in [1.165, 1.54) is 49.8 Å². The van der Waals surface area contributed by atoms with Gasteiger partial charge in [-0.2, -0.15) is 0 Å². The third-order valence-electron chi connectivity index (χ3n) is 4.03. The lowest BCUT2D eigenvalue weighted by Gasteiger charge is -2.12. The molecule has 0 radical (unpaired) electrons. The fourth-order valence-corrected chi connectivity index (χ4v) is 4.55. The predicted octanol–water partition coefficient (Wildman–Crippen LogP) is 3.01. The van der Waals surface area contributed by atoms with E-state index in [1.54, 1.807) is 19.2 Å². The molecule has 0 aliphatic heterocycles. The fourth-order valence-electron chi connectivity index (χ4n) is 2.67. The topological polar surface area (TPSA) is 165 Å². The zero-order valence-corrected chi connectivity index (χ0v) is 21.5. The number of nitrogens with two attached hydrogens (primary N) is 1. The van der Waals surface area contributed by atoms with E-state index in [0.717, 1.165) is 3.97 Å². The molecule has 196 valence electrons. The Morgan fingerprint density at radius 3 is 2.19 bits per heavy atom. The highest BCUT2D eigenvalue weighted by atomic mass is 35.5. The van der Waals surface area contributed by atoms with Crippen LogP contribution in [-0.2, 0) is 26.2 Å². The molecule has 10 nitrogen and oxygen atoms in total. The van der Waals surface area contributed by atoms with Crippen molar-refractivity contribution in [2.75, 3.05) is 14.1 Å². The van der Waals surface area contributed by atoms with Gasteiger partial charge in [0.1, 0.15) is 15.9 Å². The van der Waals surface area contributed by atoms with Gasteiger partial charge in [-0.25, -0.2) is 26.4 Å². The van der Waals surface area contributed by atoms with Gasteiger partial charge in [0.05, 0.1) is 5.69 Å². The molecule has 0 unspecified atom stereocenters. The average Bonchev–Trinajstić information content (AvgIpc) is 3.17. The number of nitrogens with one attached hydrogen (secondary N) is 1. The second kappa shape index (κ2) is 15.7. The number of aliphatic carboxylic acids is 2. The summed E-state index contributed by atoms with van der Waals surface area (Å²) in [6, 6.07) is 10.5. The van der Waals surface area contributed by atoms with Crippen molar-refractivity contribution < 1.29 is 32.6 Å². The Bertz CT molecular complexity index is 1270. The van der Waals surface area contributed by atoms with Gasteiger partial charge in [-0.3, -0.25) is 4.98 Å². The van der Waals surface area contributed by atoms with Gasteiger partial charge in [0.25, 0.3) is 10.0 Å². The molecule has 0 atom stereocenters. The number of carboxylic acids is 2. The van der Waals surface area contributed by atoms with Gasteiger partial charge < -0.3 is 21.3 Å². The highest BCUT2D eigenvalue weighted by molar-refractivity contribution is 7.90. The Morgan fingerprint density at radius 1 is 1.14 bits per heavy atom. The molecule has 2 heterocycles. The minimum Gasteiger partial charge on any atom is -0.478 e. The van der Waals surface area contributed by atoms with Crippen LogP contribution in [0.4, 0.5) is 4.39 Å². The standard InChI is InChI=1S/C17H15ClFN3O2S.C4H4O4.CH5N.ClH/c1-20-10-12-9-16(14-6-2-3-7-15(14)19)22(17(12)18)25(23,24)13-5-4-8-21-11-13;5-3(6)1-2-4(7)8;1-2;/h2-9,11,20H,10H2,1H3;1-2H,(H,5,6)(H,7,8);2H2,1H3;1H/b;2-1+;;. The minimum absolute atomic E-state index is 0. The summed E-state index contributed by atoms with van der Waals surface area (Å²) in [6.07, 6.45) is 3.82. The van der Waals surface area contributed by atoms with E-state index in [4.69, 9.17) is 21.8 Å². The first-order valence-electron chi connectivity index (χ1n) is 9.76. The number of halogens is 3. The van der Waals surface area contributed by atoms with Gasteiger partial charge >= 0.3 is 11.9 Å². The van der Waals surface area contributed by atoms with Crippen LogP contribution in [0.3, 0.4) is 0 Å². The van der Waals surface area contributed by atoms with E-state index in [2.05, 4.69) is 16.0 Å². The molecule has 0 saturated carbocycles. The maximum atomic E-state index is 14.3. The number of hydrogen-bond acceptors (Lipinski definition) is 7. The molecule has 0 bridgehead atoms. The highest BCUT2D eigenvalue weighted by Crippen LogP contribution is 2.34. The molecule has 0 aliphatic carbocycles. The minimum atomic E-state index is -4.03. The number of rotatable bonds is 7. The highest BCUT2D eigenvalue weighted by Gasteiger charge is 2.27. The number of benzene rings is 1. The number of carbonyl (C=O) groups is 2. The Balaban J connectivity index is 0.000000957. The molecule has 2 aromatic heterocycles. The first-order chi connectivity index (χ1) is 16.6. The molecule has 0 spiro atoms. The van der Waals surface area contributed by atoms with Crippen LogP contribution in [0, 0.1) is 5.82 Å². The Kier molecular flexibility index (Phi) is 14.2. The van der Waals surface area contributed by atoms with Crippen molar-refractivity contribution in [1.82, 2.24) is 14.3 Å². The second-order valence-corrected chi connectivity index (χ2v) is 8.47. The number of carboxylic acid groups (broad SMARTS) is 2. The van der Waals surface area contributed by atoms with E-state index < -0.39 is 27.8 Å². The van der Waals surface area contributed by atoms with Crippen LogP contribution in [0.1, 0.15) is 5.56 Å². The lowest BCUT2D eigenvalue weighted by molar-refractivity contribution is -0.134. The van der Waals surface area contributed by atoms with Crippen LogP contribution in [0.15, 0.2) is 71.9 Å². The summed E-state index contributed by atoms with van der Waals surface area (Å²) in [6.45, 7) is 0.343. The van der Waals surface area contributed by atoms with Crippen LogP contribution in [0.25, 0.3) is 11.3 Å². The van der Waals surface area contributed by atoms with Gasteiger partial charge in [-0.1, -0.05) is 23.7 Å². The molecule has 3 aromatic rings. The van der Waals surface area contributed by atoms with Crippen molar-refractivity contribution in [3.8, 4) is 11.3 Å². The van der Waals surface area contributed by atoms with Crippen molar-refractivity contribution in [1.29, 1.82) is 0 Å². The quantitative estimate of drug-likeness (QED) is 0.316. The summed E-state index contributed by atoms with van der Waals surface area (Å²) in [5.41, 5.74) is 5.37. The molecular formula is C22H25Cl2FN4O6S. The zero-order valence-electron chi connectivity index (χ0n) is 19.1. The van der Waals surface area contributed by atoms with Crippen molar-refractivity contribution in [2.45, 2.75) is 11.4 Å². The molecule has 1 aromatic carbocycles. The van der Waals surface area contributed by atoms with Gasteiger partial charge in [0.2, 0.25) is 0 Å². The molecule has 36 heavy (non-hydrogen) atoms. The van der Waals surface area contributed by atoms with Crippen LogP contribution >= 0.6 is 24.0 Å².